The predicted molar refractivity (Wildman–Crippen MR) is 59.6 cm³/mol. The van der Waals surface area contributed by atoms with Crippen molar-refractivity contribution in [2.24, 2.45) is 0 Å². The first-order valence-electron chi connectivity index (χ1n) is 4.44. The Kier molecular flexibility index (Phi) is 6.26. The second kappa shape index (κ2) is 6.33. The van der Waals surface area contributed by atoms with Crippen LogP contribution in [0.5, 0.6) is 0 Å². The van der Waals surface area contributed by atoms with E-state index >= 15 is 0 Å². The number of nitrogens with one attached hydrogen (secondary N) is 1. The van der Waals surface area contributed by atoms with Gasteiger partial charge in [0, 0.05) is 5.54 Å². The van der Waals surface area contributed by atoms with E-state index in [0.29, 0.717) is 0 Å². The molecule has 0 aromatic rings. The van der Waals surface area contributed by atoms with Gasteiger partial charge in [-0.3, -0.25) is 0 Å². The highest BCUT2D eigenvalue weighted by Gasteiger charge is 2.20. The SMILES string of the molecule is [B]NCCCC(C)(C=CC)N([B])[B]. The molecule has 1 unspecified atom stereocenters. The van der Waals surface area contributed by atoms with Crippen LogP contribution in [0.2, 0.25) is 0 Å². The molecule has 0 saturated heterocycles. The molecule has 1 atom stereocenters. The number of nitrogens with zero attached hydrogens (tertiary/aromatic N) is 1. The van der Waals surface area contributed by atoms with Crippen LogP contribution in [0.3, 0.4) is 0 Å². The number of rotatable bonds is 6. The fourth-order valence-corrected chi connectivity index (χ4v) is 1.21. The third-order valence-electron chi connectivity index (χ3n) is 2.12. The zero-order valence-corrected chi connectivity index (χ0v) is 8.46. The van der Waals surface area contributed by atoms with E-state index in [0.717, 1.165) is 19.4 Å². The largest absolute Gasteiger partial charge is 0.396 e. The summed E-state index contributed by atoms with van der Waals surface area (Å²) in [5.41, 5.74) is -0.286. The maximum Gasteiger partial charge on any atom is 0.177 e. The van der Waals surface area contributed by atoms with Gasteiger partial charge in [0.15, 0.2) is 23.9 Å². The molecule has 2 nitrogen and oxygen atoms in total. The second-order valence-corrected chi connectivity index (χ2v) is 3.32. The van der Waals surface area contributed by atoms with Crippen LogP contribution in [0.15, 0.2) is 12.2 Å². The molecule has 5 heteroatoms. The zero-order chi connectivity index (χ0) is 10.3. The van der Waals surface area contributed by atoms with Crippen molar-refractivity contribution in [2.75, 3.05) is 6.54 Å². The van der Waals surface area contributed by atoms with Gasteiger partial charge in [-0.05, 0) is 33.2 Å². The van der Waals surface area contributed by atoms with Crippen LogP contribution < -0.4 is 5.23 Å². The third-order valence-corrected chi connectivity index (χ3v) is 2.12. The van der Waals surface area contributed by atoms with Crippen LogP contribution in [0.4, 0.5) is 0 Å². The van der Waals surface area contributed by atoms with Gasteiger partial charge in [-0.1, -0.05) is 12.2 Å². The smallest absolute Gasteiger partial charge is 0.177 e. The molecule has 0 aromatic carbocycles. The maximum absolute atomic E-state index is 5.55. The molecule has 0 fully saturated rings. The molecule has 0 spiro atoms. The Labute approximate surface area is 85.4 Å². The van der Waals surface area contributed by atoms with Gasteiger partial charge >= 0.3 is 0 Å². The van der Waals surface area contributed by atoms with Crippen LogP contribution >= 0.6 is 0 Å². The lowest BCUT2D eigenvalue weighted by Gasteiger charge is -2.35. The monoisotopic (exact) mass is 172 g/mol. The van der Waals surface area contributed by atoms with E-state index in [1.54, 1.807) is 0 Å². The highest BCUT2D eigenvalue weighted by Crippen LogP contribution is 2.19. The molecule has 0 aliphatic rings. The Hall–Kier alpha value is -0.145. The Morgan fingerprint density at radius 2 is 2.08 bits per heavy atom. The first kappa shape index (κ1) is 12.9. The summed E-state index contributed by atoms with van der Waals surface area (Å²) >= 11 is 0. The van der Waals surface area contributed by atoms with Crippen molar-refractivity contribution in [3.05, 3.63) is 12.2 Å². The van der Waals surface area contributed by atoms with Crippen molar-refractivity contribution in [3.63, 3.8) is 0 Å². The molecule has 0 rings (SSSR count). The average Bonchev–Trinajstić information content (AvgIpc) is 2.05. The fraction of sp³-hybridized carbons (Fsp3) is 0.750. The molecule has 1 N–H and O–H groups in total. The van der Waals surface area contributed by atoms with Crippen molar-refractivity contribution in [1.29, 1.82) is 0 Å². The van der Waals surface area contributed by atoms with Crippen LogP contribution in [-0.4, -0.2) is 40.7 Å². The minimum atomic E-state index is -0.286. The van der Waals surface area contributed by atoms with E-state index in [1.165, 1.54) is 4.72 Å². The molecule has 13 heavy (non-hydrogen) atoms. The van der Waals surface area contributed by atoms with Crippen LogP contribution in [0.25, 0.3) is 0 Å². The summed E-state index contributed by atoms with van der Waals surface area (Å²) in [7, 11) is 16.3. The molecule has 66 valence electrons. The Morgan fingerprint density at radius 3 is 2.46 bits per heavy atom. The molecule has 0 saturated carbocycles. The van der Waals surface area contributed by atoms with Crippen LogP contribution in [0.1, 0.15) is 26.7 Å². The molecule has 0 aliphatic heterocycles. The van der Waals surface area contributed by atoms with E-state index in [-0.39, 0.29) is 5.54 Å². The molecule has 0 aromatic heterocycles. The van der Waals surface area contributed by atoms with Gasteiger partial charge in [0.2, 0.25) is 0 Å². The van der Waals surface area contributed by atoms with Crippen molar-refractivity contribution < 1.29 is 0 Å². The topological polar surface area (TPSA) is 15.3 Å². The van der Waals surface area contributed by atoms with Gasteiger partial charge < -0.3 is 9.95 Å². The van der Waals surface area contributed by atoms with E-state index in [1.807, 2.05) is 26.0 Å². The molecule has 0 aliphatic carbocycles. The Bertz CT molecular complexity index is 161. The number of hydrogen-bond donors (Lipinski definition) is 1. The van der Waals surface area contributed by atoms with Crippen molar-refractivity contribution >= 4 is 23.9 Å². The summed E-state index contributed by atoms with van der Waals surface area (Å²) in [6.07, 6.45) is 5.74. The zero-order valence-electron chi connectivity index (χ0n) is 8.46. The second-order valence-electron chi connectivity index (χ2n) is 3.32. The summed E-state index contributed by atoms with van der Waals surface area (Å²) in [5.74, 6) is 0. The molecular formula is C8H15B3N2. The van der Waals surface area contributed by atoms with Gasteiger partial charge in [-0.15, -0.1) is 0 Å². The lowest BCUT2D eigenvalue weighted by molar-refractivity contribution is 0.362. The standard InChI is InChI=1S/C8H15B3N2/c1-3-5-8(2,13(10)11)6-4-7-12-9/h3,5,12H,4,6-7H2,1-2H3. The van der Waals surface area contributed by atoms with E-state index in [9.17, 15) is 0 Å². The quantitative estimate of drug-likeness (QED) is 0.350. The molecule has 0 heterocycles. The summed E-state index contributed by atoms with van der Waals surface area (Å²) < 4.78 is 1.24. The number of hydrogen-bond acceptors (Lipinski definition) is 2. The van der Waals surface area contributed by atoms with Crippen molar-refractivity contribution in [1.82, 2.24) is 9.95 Å². The lowest BCUT2D eigenvalue weighted by atomic mass is 9.86. The molecule has 6 radical (unpaired) electrons. The third kappa shape index (κ3) is 4.58. The predicted octanol–water partition coefficient (Wildman–Crippen LogP) is 0.243. The Morgan fingerprint density at radius 1 is 1.46 bits per heavy atom. The van der Waals surface area contributed by atoms with Gasteiger partial charge in [0.05, 0.1) is 0 Å². The summed E-state index contributed by atoms with van der Waals surface area (Å²) in [6.45, 7) is 4.70. The maximum atomic E-state index is 5.55. The highest BCUT2D eigenvalue weighted by molar-refractivity contribution is 6.25. The first-order chi connectivity index (χ1) is 6.06. The summed E-state index contributed by atoms with van der Waals surface area (Å²) in [4.78, 5) is 0. The fourth-order valence-electron chi connectivity index (χ4n) is 1.21. The summed E-state index contributed by atoms with van der Waals surface area (Å²) in [6, 6.07) is 0. The van der Waals surface area contributed by atoms with Gasteiger partial charge in [-0.2, -0.15) is 0 Å². The van der Waals surface area contributed by atoms with Crippen LogP contribution in [-0.2, 0) is 0 Å². The van der Waals surface area contributed by atoms with Crippen molar-refractivity contribution in [2.45, 2.75) is 32.2 Å². The van der Waals surface area contributed by atoms with Gasteiger partial charge in [-0.25, -0.2) is 0 Å². The van der Waals surface area contributed by atoms with Gasteiger partial charge in [0.1, 0.15) is 0 Å². The van der Waals surface area contributed by atoms with Gasteiger partial charge in [0.25, 0.3) is 0 Å². The van der Waals surface area contributed by atoms with E-state index in [4.69, 9.17) is 23.9 Å². The Balaban J connectivity index is 4.08. The normalized spacial score (nSPS) is 16.5. The highest BCUT2D eigenvalue weighted by atomic mass is 15.0. The van der Waals surface area contributed by atoms with Crippen molar-refractivity contribution in [3.8, 4) is 0 Å². The minimum absolute atomic E-state index is 0.286. The first-order valence-corrected chi connectivity index (χ1v) is 4.44. The molecule has 0 bridgehead atoms. The number of allylic oxidation sites excluding steroid dienone is 1. The lowest BCUT2D eigenvalue weighted by Crippen LogP contribution is -2.41. The summed E-state index contributed by atoms with van der Waals surface area (Å²) in [5, 5.41) is 2.60. The molecular weight excluding hydrogens is 157 g/mol. The minimum Gasteiger partial charge on any atom is -0.396 e. The van der Waals surface area contributed by atoms with E-state index < -0.39 is 0 Å². The van der Waals surface area contributed by atoms with Crippen LogP contribution in [0, 0.1) is 0 Å². The van der Waals surface area contributed by atoms with E-state index in [2.05, 4.69) is 5.23 Å². The average molecular weight is 172 g/mol. The molecule has 0 amide bonds.